The average Bonchev–Trinajstić information content (AvgIpc) is 3.07. The highest BCUT2D eigenvalue weighted by molar-refractivity contribution is 5.88. The fourth-order valence-electron chi connectivity index (χ4n) is 3.61. The molecule has 7 heteroatoms. The van der Waals surface area contributed by atoms with Gasteiger partial charge in [0.15, 0.2) is 0 Å². The van der Waals surface area contributed by atoms with Crippen molar-refractivity contribution in [2.45, 2.75) is 26.8 Å². The number of rotatable bonds is 6. The predicted octanol–water partition coefficient (Wildman–Crippen LogP) is 4.31. The van der Waals surface area contributed by atoms with E-state index in [4.69, 9.17) is 4.74 Å². The maximum absolute atomic E-state index is 12.2. The summed E-state index contributed by atoms with van der Waals surface area (Å²) in [5.74, 6) is 0.372. The average molecular weight is 417 g/mol. The summed E-state index contributed by atoms with van der Waals surface area (Å²) in [5.41, 5.74) is 3.40. The van der Waals surface area contributed by atoms with Gasteiger partial charge in [-0.15, -0.1) is 0 Å². The minimum absolute atomic E-state index is 0.101. The number of aromatic nitrogens is 2. The van der Waals surface area contributed by atoms with E-state index in [2.05, 4.69) is 10.2 Å². The van der Waals surface area contributed by atoms with Gasteiger partial charge in [0.05, 0.1) is 17.0 Å². The molecule has 31 heavy (non-hydrogen) atoms. The summed E-state index contributed by atoms with van der Waals surface area (Å²) in [7, 11) is 0. The molecule has 4 rings (SSSR count). The Morgan fingerprint density at radius 2 is 1.90 bits per heavy atom. The number of aryl methyl sites for hydroxylation is 1. The van der Waals surface area contributed by atoms with Crippen LogP contribution in [0.5, 0.6) is 11.5 Å². The molecule has 1 fully saturated rings. The number of carbonyl (C=O) groups excluding carboxylic acids is 1. The fourth-order valence-corrected chi connectivity index (χ4v) is 3.61. The van der Waals surface area contributed by atoms with Crippen molar-refractivity contribution in [1.29, 1.82) is 0 Å². The second-order valence-electron chi connectivity index (χ2n) is 7.90. The minimum atomic E-state index is -1.03. The summed E-state index contributed by atoms with van der Waals surface area (Å²) in [6, 6.07) is 15.9. The number of hydrogen-bond donors (Lipinski definition) is 1. The highest BCUT2D eigenvalue weighted by Crippen LogP contribution is 2.31. The van der Waals surface area contributed by atoms with Crippen molar-refractivity contribution in [2.75, 3.05) is 6.54 Å². The first-order valence-electron chi connectivity index (χ1n) is 10.1. The largest absolute Gasteiger partial charge is 0.478 e. The summed E-state index contributed by atoms with van der Waals surface area (Å²) in [6.07, 6.45) is 0.534. The first-order chi connectivity index (χ1) is 14.9. The molecule has 0 saturated carbocycles. The molecule has 2 aromatic carbocycles. The maximum atomic E-state index is 12.2. The first-order valence-corrected chi connectivity index (χ1v) is 10.1. The second-order valence-corrected chi connectivity index (χ2v) is 7.90. The molecule has 0 spiro atoms. The molecular formula is C24H23N3O4. The number of carboxylic acid groups (broad SMARTS) is 1. The van der Waals surface area contributed by atoms with Crippen LogP contribution >= 0.6 is 0 Å². The lowest BCUT2D eigenvalue weighted by molar-refractivity contribution is -0.128. The monoisotopic (exact) mass is 417 g/mol. The second kappa shape index (κ2) is 8.55. The number of amides is 1. The summed E-state index contributed by atoms with van der Waals surface area (Å²) in [4.78, 5) is 25.4. The maximum Gasteiger partial charge on any atom is 0.335 e. The Morgan fingerprint density at radius 3 is 2.52 bits per heavy atom. The zero-order valence-corrected chi connectivity index (χ0v) is 17.4. The zero-order chi connectivity index (χ0) is 22.0. The molecular weight excluding hydrogens is 394 g/mol. The van der Waals surface area contributed by atoms with Crippen molar-refractivity contribution in [3.8, 4) is 22.8 Å². The van der Waals surface area contributed by atoms with E-state index in [-0.39, 0.29) is 11.5 Å². The van der Waals surface area contributed by atoms with Crippen LogP contribution in [0.1, 0.15) is 35.0 Å². The van der Waals surface area contributed by atoms with Crippen molar-refractivity contribution >= 4 is 11.9 Å². The van der Waals surface area contributed by atoms with Crippen LogP contribution in [-0.4, -0.2) is 38.6 Å². The third-order valence-electron chi connectivity index (χ3n) is 5.26. The lowest BCUT2D eigenvalue weighted by Crippen LogP contribution is -2.24. The Labute approximate surface area is 180 Å². The lowest BCUT2D eigenvalue weighted by atomic mass is 10.1. The van der Waals surface area contributed by atoms with E-state index in [0.717, 1.165) is 22.5 Å². The fraction of sp³-hybridized carbons (Fsp3) is 0.250. The van der Waals surface area contributed by atoms with E-state index in [1.165, 1.54) is 12.1 Å². The van der Waals surface area contributed by atoms with E-state index in [9.17, 15) is 14.7 Å². The van der Waals surface area contributed by atoms with Gasteiger partial charge in [0.2, 0.25) is 5.91 Å². The third-order valence-corrected chi connectivity index (χ3v) is 5.26. The highest BCUT2D eigenvalue weighted by Gasteiger charge is 2.27. The predicted molar refractivity (Wildman–Crippen MR) is 115 cm³/mol. The number of benzene rings is 2. The number of likely N-dealkylation sites (tertiary alicyclic amines) is 1. The molecule has 158 valence electrons. The van der Waals surface area contributed by atoms with Crippen molar-refractivity contribution in [3.05, 3.63) is 71.4 Å². The van der Waals surface area contributed by atoms with Crippen molar-refractivity contribution in [3.63, 3.8) is 0 Å². The van der Waals surface area contributed by atoms with Crippen LogP contribution in [0.2, 0.25) is 0 Å². The van der Waals surface area contributed by atoms with Gasteiger partial charge in [-0.1, -0.05) is 13.0 Å². The van der Waals surface area contributed by atoms with Crippen molar-refractivity contribution in [1.82, 2.24) is 15.1 Å². The summed E-state index contributed by atoms with van der Waals surface area (Å²) in [6.45, 7) is 5.00. The molecule has 2 heterocycles. The van der Waals surface area contributed by atoms with Gasteiger partial charge in [0, 0.05) is 30.6 Å². The van der Waals surface area contributed by atoms with Gasteiger partial charge in [0.1, 0.15) is 11.5 Å². The molecule has 0 aliphatic carbocycles. The molecule has 1 N–H and O–H groups in total. The van der Waals surface area contributed by atoms with Crippen LogP contribution in [0.15, 0.2) is 54.6 Å². The number of hydrogen-bond acceptors (Lipinski definition) is 5. The van der Waals surface area contributed by atoms with Gasteiger partial charge >= 0.3 is 5.97 Å². The topological polar surface area (TPSA) is 92.6 Å². The molecule has 1 unspecified atom stereocenters. The van der Waals surface area contributed by atoms with Gasteiger partial charge in [0.25, 0.3) is 0 Å². The van der Waals surface area contributed by atoms with E-state index in [1.807, 2.05) is 38.1 Å². The number of ether oxygens (including phenoxy) is 1. The number of carbonyl (C=O) groups is 2. The Kier molecular flexibility index (Phi) is 5.66. The van der Waals surface area contributed by atoms with E-state index in [0.29, 0.717) is 36.9 Å². The molecule has 1 atom stereocenters. The van der Waals surface area contributed by atoms with Gasteiger partial charge < -0.3 is 14.7 Å². The van der Waals surface area contributed by atoms with Crippen molar-refractivity contribution < 1.29 is 19.4 Å². The van der Waals surface area contributed by atoms with E-state index in [1.54, 1.807) is 23.1 Å². The zero-order valence-electron chi connectivity index (χ0n) is 17.4. The van der Waals surface area contributed by atoms with Gasteiger partial charge in [-0.25, -0.2) is 4.79 Å². The molecule has 1 saturated heterocycles. The molecule has 1 aromatic heterocycles. The Balaban J connectivity index is 1.58. The van der Waals surface area contributed by atoms with Gasteiger partial charge in [-0.05, 0) is 61.4 Å². The van der Waals surface area contributed by atoms with Crippen LogP contribution in [0.3, 0.4) is 0 Å². The van der Waals surface area contributed by atoms with Crippen LogP contribution in [0.4, 0.5) is 0 Å². The minimum Gasteiger partial charge on any atom is -0.478 e. The van der Waals surface area contributed by atoms with Gasteiger partial charge in [-0.3, -0.25) is 4.79 Å². The smallest absolute Gasteiger partial charge is 0.335 e. The van der Waals surface area contributed by atoms with E-state index < -0.39 is 5.97 Å². The normalized spacial score (nSPS) is 15.9. The third kappa shape index (κ3) is 4.71. The van der Waals surface area contributed by atoms with Crippen LogP contribution in [0.25, 0.3) is 11.3 Å². The standard InChI is InChI=1S/C24H23N3O4/c1-15-11-23(28)27(13-15)14-19-5-4-18(24(29)30)12-22(19)31-20-8-6-17(7-9-20)21-10-3-16(2)25-26-21/h3-10,12,15H,11,13-14H2,1-2H3,(H,29,30). The first kappa shape index (κ1) is 20.5. The molecule has 0 radical (unpaired) electrons. The lowest BCUT2D eigenvalue weighted by Gasteiger charge is -2.19. The number of carboxylic acids is 1. The summed E-state index contributed by atoms with van der Waals surface area (Å²) >= 11 is 0. The van der Waals surface area contributed by atoms with Crippen LogP contribution < -0.4 is 4.74 Å². The molecule has 1 aliphatic heterocycles. The molecule has 7 nitrogen and oxygen atoms in total. The molecule has 0 bridgehead atoms. The van der Waals surface area contributed by atoms with Crippen LogP contribution in [-0.2, 0) is 11.3 Å². The number of nitrogens with zero attached hydrogens (tertiary/aromatic N) is 3. The van der Waals surface area contributed by atoms with Gasteiger partial charge in [-0.2, -0.15) is 10.2 Å². The van der Waals surface area contributed by atoms with Crippen LogP contribution in [0, 0.1) is 12.8 Å². The van der Waals surface area contributed by atoms with E-state index >= 15 is 0 Å². The summed E-state index contributed by atoms with van der Waals surface area (Å²) in [5, 5.41) is 17.6. The summed E-state index contributed by atoms with van der Waals surface area (Å²) < 4.78 is 6.05. The molecule has 3 aromatic rings. The Bertz CT molecular complexity index is 1110. The number of aromatic carboxylic acids is 1. The van der Waals surface area contributed by atoms with Crippen molar-refractivity contribution in [2.24, 2.45) is 5.92 Å². The Hall–Kier alpha value is -3.74. The molecule has 1 amide bonds. The SMILES string of the molecule is Cc1ccc(-c2ccc(Oc3cc(C(=O)O)ccc3CN3CC(C)CC3=O)cc2)nn1. The highest BCUT2D eigenvalue weighted by atomic mass is 16.5. The molecule has 1 aliphatic rings. The Morgan fingerprint density at radius 1 is 1.13 bits per heavy atom. The quantitative estimate of drug-likeness (QED) is 0.642.